The smallest absolute Gasteiger partial charge is 0.264 e. The van der Waals surface area contributed by atoms with Crippen LogP contribution in [-0.2, 0) is 32.6 Å². The molecule has 4 rings (SSSR count). The number of benzene rings is 4. The third-order valence-corrected chi connectivity index (χ3v) is 10.1. The van der Waals surface area contributed by atoms with Gasteiger partial charge in [0.15, 0.2) is 0 Å². The van der Waals surface area contributed by atoms with Gasteiger partial charge in [0.2, 0.25) is 11.8 Å². The maximum Gasteiger partial charge on any atom is 0.264 e. The first-order valence-electron chi connectivity index (χ1n) is 15.2. The normalized spacial score (nSPS) is 12.3. The summed E-state index contributed by atoms with van der Waals surface area (Å²) in [6, 6.07) is 28.1. The van der Waals surface area contributed by atoms with Crippen molar-refractivity contribution in [1.29, 1.82) is 0 Å². The lowest BCUT2D eigenvalue weighted by atomic mass is 10.0. The highest BCUT2D eigenvalue weighted by molar-refractivity contribution is 9.10. The topological polar surface area (TPSA) is 86.8 Å². The minimum absolute atomic E-state index is 0.0811. The third kappa shape index (κ3) is 8.85. The first-order valence-corrected chi connectivity index (χ1v) is 17.4. The highest BCUT2D eigenvalue weighted by Gasteiger charge is 2.36. The molecule has 0 radical (unpaired) electrons. The van der Waals surface area contributed by atoms with Gasteiger partial charge in [-0.15, -0.1) is 0 Å². The molecule has 4 aromatic carbocycles. The molecule has 0 aromatic heterocycles. The fourth-order valence-electron chi connectivity index (χ4n) is 5.15. The van der Waals surface area contributed by atoms with Crippen LogP contribution in [0.2, 0.25) is 0 Å². The van der Waals surface area contributed by atoms with Crippen LogP contribution in [0, 0.1) is 20.8 Å². The van der Waals surface area contributed by atoms with E-state index < -0.39 is 34.1 Å². The number of nitrogens with zero attached hydrogens (tertiary/aromatic N) is 2. The summed E-state index contributed by atoms with van der Waals surface area (Å²) in [6.07, 6.45) is 0.249. The Morgan fingerprint density at radius 2 is 1.43 bits per heavy atom. The number of nitrogens with one attached hydrogen (secondary N) is 1. The predicted molar refractivity (Wildman–Crippen MR) is 188 cm³/mol. The first-order chi connectivity index (χ1) is 21.7. The lowest BCUT2D eigenvalue weighted by Gasteiger charge is -2.35. The van der Waals surface area contributed by atoms with E-state index in [4.69, 9.17) is 0 Å². The van der Waals surface area contributed by atoms with Crippen molar-refractivity contribution in [2.45, 2.75) is 71.0 Å². The van der Waals surface area contributed by atoms with Gasteiger partial charge in [-0.2, -0.15) is 0 Å². The average Bonchev–Trinajstić information content (AvgIpc) is 3.00. The van der Waals surface area contributed by atoms with E-state index >= 15 is 0 Å². The van der Waals surface area contributed by atoms with Gasteiger partial charge in [0.25, 0.3) is 10.0 Å². The van der Waals surface area contributed by atoms with Gasteiger partial charge >= 0.3 is 0 Å². The fraction of sp³-hybridized carbons (Fsp3) is 0.297. The van der Waals surface area contributed by atoms with E-state index in [9.17, 15) is 18.0 Å². The highest BCUT2D eigenvalue weighted by Crippen LogP contribution is 2.29. The number of aryl methyl sites for hydroxylation is 2. The summed E-state index contributed by atoms with van der Waals surface area (Å²) in [5, 5.41) is 3.06. The lowest BCUT2D eigenvalue weighted by molar-refractivity contribution is -0.140. The largest absolute Gasteiger partial charge is 0.350 e. The van der Waals surface area contributed by atoms with Crippen molar-refractivity contribution in [3.05, 3.63) is 129 Å². The highest BCUT2D eigenvalue weighted by atomic mass is 79.9. The molecule has 0 heterocycles. The molecule has 2 amide bonds. The Labute approximate surface area is 281 Å². The van der Waals surface area contributed by atoms with Crippen molar-refractivity contribution in [3.63, 3.8) is 0 Å². The summed E-state index contributed by atoms with van der Waals surface area (Å²) in [5.41, 5.74) is 4.10. The number of sulfonamides is 1. The summed E-state index contributed by atoms with van der Waals surface area (Å²) in [5.74, 6) is -0.814. The van der Waals surface area contributed by atoms with E-state index in [1.165, 1.54) is 9.21 Å². The van der Waals surface area contributed by atoms with Gasteiger partial charge in [0.1, 0.15) is 12.6 Å². The van der Waals surface area contributed by atoms with Gasteiger partial charge in [-0.1, -0.05) is 88.2 Å². The van der Waals surface area contributed by atoms with Crippen molar-refractivity contribution < 1.29 is 18.0 Å². The Bertz CT molecular complexity index is 1770. The van der Waals surface area contributed by atoms with Gasteiger partial charge in [-0.3, -0.25) is 13.9 Å². The molecular formula is C37H42BrN3O4S. The molecule has 0 saturated heterocycles. The van der Waals surface area contributed by atoms with Gasteiger partial charge in [-0.05, 0) is 94.1 Å². The van der Waals surface area contributed by atoms with Gasteiger partial charge in [0, 0.05) is 23.0 Å². The monoisotopic (exact) mass is 703 g/mol. The predicted octanol–water partition coefficient (Wildman–Crippen LogP) is 7.12. The summed E-state index contributed by atoms with van der Waals surface area (Å²) >= 11 is 3.47. The van der Waals surface area contributed by atoms with Gasteiger partial charge in [0.05, 0.1) is 10.6 Å². The molecule has 0 fully saturated rings. The third-order valence-electron chi connectivity index (χ3n) is 7.77. The molecule has 0 saturated carbocycles. The lowest BCUT2D eigenvalue weighted by Crippen LogP contribution is -2.56. The number of rotatable bonds is 11. The van der Waals surface area contributed by atoms with Crippen LogP contribution < -0.4 is 9.62 Å². The van der Waals surface area contributed by atoms with Crippen molar-refractivity contribution in [2.24, 2.45) is 0 Å². The van der Waals surface area contributed by atoms with Gasteiger partial charge in [-0.25, -0.2) is 8.42 Å². The minimum Gasteiger partial charge on any atom is -0.350 e. The Morgan fingerprint density at radius 3 is 2.04 bits per heavy atom. The molecule has 1 atom stereocenters. The molecule has 1 N–H and O–H groups in total. The number of amides is 2. The van der Waals surface area contributed by atoms with Crippen LogP contribution in [0.5, 0.6) is 0 Å². The molecular weight excluding hydrogens is 662 g/mol. The Balaban J connectivity index is 1.84. The average molecular weight is 705 g/mol. The zero-order valence-corrected chi connectivity index (χ0v) is 29.7. The van der Waals surface area contributed by atoms with Crippen LogP contribution in [0.1, 0.15) is 48.6 Å². The van der Waals surface area contributed by atoms with Crippen molar-refractivity contribution in [1.82, 2.24) is 10.2 Å². The van der Waals surface area contributed by atoms with Gasteiger partial charge < -0.3 is 10.2 Å². The Hall–Kier alpha value is -3.95. The molecule has 0 aliphatic carbocycles. The van der Waals surface area contributed by atoms with E-state index in [0.717, 1.165) is 32.3 Å². The van der Waals surface area contributed by atoms with Crippen LogP contribution in [0.3, 0.4) is 0 Å². The van der Waals surface area contributed by atoms with E-state index in [1.807, 2.05) is 102 Å². The molecule has 46 heavy (non-hydrogen) atoms. The van der Waals surface area contributed by atoms with Crippen molar-refractivity contribution in [3.8, 4) is 0 Å². The second-order valence-corrected chi connectivity index (χ2v) is 15.4. The van der Waals surface area contributed by atoms with E-state index in [2.05, 4.69) is 21.2 Å². The number of hydrogen-bond donors (Lipinski definition) is 1. The Morgan fingerprint density at radius 1 is 0.804 bits per heavy atom. The SMILES string of the molecule is Cc1ccc(S(=O)(=O)N(CC(=O)N(Cc2ccc(Br)cc2)[C@@H](Cc2ccccc2)C(=O)NC(C)(C)C)c2cccc(C)c2C)cc1. The molecule has 9 heteroatoms. The Kier molecular flexibility index (Phi) is 11.1. The maximum atomic E-state index is 14.7. The second-order valence-electron chi connectivity index (χ2n) is 12.6. The summed E-state index contributed by atoms with van der Waals surface area (Å²) in [4.78, 5) is 30.3. The first kappa shape index (κ1) is 34.9. The van der Waals surface area contributed by atoms with Crippen molar-refractivity contribution in [2.75, 3.05) is 10.8 Å². The molecule has 4 aromatic rings. The molecule has 0 unspecified atom stereocenters. The molecule has 0 bridgehead atoms. The van der Waals surface area contributed by atoms with Crippen LogP contribution >= 0.6 is 15.9 Å². The quantitative estimate of drug-likeness (QED) is 0.180. The van der Waals surface area contributed by atoms with E-state index in [1.54, 1.807) is 36.4 Å². The van der Waals surface area contributed by atoms with Crippen LogP contribution in [-0.4, -0.2) is 43.3 Å². The van der Waals surface area contributed by atoms with E-state index in [-0.39, 0.29) is 23.8 Å². The van der Waals surface area contributed by atoms with Crippen molar-refractivity contribution >= 4 is 43.5 Å². The zero-order chi connectivity index (χ0) is 33.6. The fourth-order valence-corrected chi connectivity index (χ4v) is 6.89. The minimum atomic E-state index is -4.17. The number of anilines is 1. The number of hydrogen-bond acceptors (Lipinski definition) is 4. The summed E-state index contributed by atoms with van der Waals surface area (Å²) < 4.78 is 30.7. The summed E-state index contributed by atoms with van der Waals surface area (Å²) in [7, 11) is -4.17. The summed E-state index contributed by atoms with van der Waals surface area (Å²) in [6.45, 7) is 10.9. The van der Waals surface area contributed by atoms with E-state index in [0.29, 0.717) is 5.69 Å². The van der Waals surface area contributed by atoms with Crippen LogP contribution in [0.15, 0.2) is 106 Å². The zero-order valence-electron chi connectivity index (χ0n) is 27.2. The number of halogens is 1. The molecule has 0 aliphatic rings. The van der Waals surface area contributed by atoms with Crippen LogP contribution in [0.25, 0.3) is 0 Å². The van der Waals surface area contributed by atoms with Crippen LogP contribution in [0.4, 0.5) is 5.69 Å². The number of carbonyl (C=O) groups is 2. The molecule has 242 valence electrons. The molecule has 0 aliphatic heterocycles. The number of carbonyl (C=O) groups excluding carboxylic acids is 2. The maximum absolute atomic E-state index is 14.7. The molecule has 7 nitrogen and oxygen atoms in total. The second kappa shape index (κ2) is 14.6. The standard InChI is InChI=1S/C37H42BrN3O4S/c1-26-15-21-32(22-16-26)46(44,45)41(33-14-10-11-27(2)28(33)3)25-35(42)40(24-30-17-19-31(38)20-18-30)34(36(43)39-37(4,5)6)23-29-12-8-7-9-13-29/h7-22,34H,23-25H2,1-6H3,(H,39,43)/t34-/m0/s1. The molecule has 0 spiro atoms.